The third-order valence-corrected chi connectivity index (χ3v) is 48.4. The molecule has 0 saturated heterocycles. The van der Waals surface area contributed by atoms with Crippen molar-refractivity contribution < 1.29 is 0 Å². The summed E-state index contributed by atoms with van der Waals surface area (Å²) in [6.07, 6.45) is 37.1. The molecule has 0 aromatic carbocycles. The molecule has 0 unspecified atom stereocenters. The van der Waals surface area contributed by atoms with Gasteiger partial charge in [0.15, 0.2) is 0 Å². The first-order chi connectivity index (χ1) is 25.9. The van der Waals surface area contributed by atoms with E-state index in [-0.39, 0.29) is 0 Å². The van der Waals surface area contributed by atoms with Gasteiger partial charge >= 0.3 is 353 Å². The Labute approximate surface area is 349 Å². The van der Waals surface area contributed by atoms with Crippen LogP contribution in [0.3, 0.4) is 0 Å². The van der Waals surface area contributed by atoms with E-state index in [0.717, 1.165) is 0 Å². The molecule has 0 radical (unpaired) electrons. The molecule has 2 aromatic rings. The molecule has 0 amide bonds. The predicted molar refractivity (Wildman–Crippen MR) is 253 cm³/mol. The Balaban J connectivity index is 2.35. The Morgan fingerprint density at radius 1 is 0.396 bits per heavy atom. The third kappa shape index (κ3) is 13.0. The molecule has 53 heavy (non-hydrogen) atoms. The number of unbranched alkanes of at least 4 members (excludes halogenated alkanes) is 16. The molecule has 2 aromatic heterocycles. The molecule has 4 heteroatoms. The summed E-state index contributed by atoms with van der Waals surface area (Å²) in [6.45, 7) is 19.6. The van der Waals surface area contributed by atoms with Crippen LogP contribution in [0.2, 0.25) is 26.6 Å². The Morgan fingerprint density at radius 2 is 0.736 bits per heavy atom. The van der Waals surface area contributed by atoms with E-state index < -0.39 is 36.8 Å². The second-order valence-corrected chi connectivity index (χ2v) is 46.0. The van der Waals surface area contributed by atoms with Crippen LogP contribution in [0.1, 0.15) is 233 Å². The number of rotatable bonds is 34. The van der Waals surface area contributed by atoms with Gasteiger partial charge in [0.05, 0.1) is 0 Å². The fourth-order valence-corrected chi connectivity index (χ4v) is 50.8. The summed E-state index contributed by atoms with van der Waals surface area (Å²) < 4.78 is 13.8. The van der Waals surface area contributed by atoms with Gasteiger partial charge in [0.25, 0.3) is 0 Å². The van der Waals surface area contributed by atoms with Crippen molar-refractivity contribution in [1.29, 1.82) is 0 Å². The van der Waals surface area contributed by atoms with Gasteiger partial charge in [-0.05, 0) is 0 Å². The average Bonchev–Trinajstić information content (AvgIpc) is 3.88. The molecule has 306 valence electrons. The molecule has 0 N–H and O–H groups in total. The summed E-state index contributed by atoms with van der Waals surface area (Å²) in [7, 11) is 0. The Bertz CT molecular complexity index is 1160. The van der Waals surface area contributed by atoms with Crippen LogP contribution in [0, 0.1) is 0 Å². The molecule has 0 nitrogen and oxygen atoms in total. The van der Waals surface area contributed by atoms with E-state index in [1.54, 1.807) is 26.6 Å². The molecule has 0 bridgehead atoms. The van der Waals surface area contributed by atoms with E-state index in [9.17, 15) is 0 Å². The van der Waals surface area contributed by atoms with Gasteiger partial charge in [-0.25, -0.2) is 0 Å². The van der Waals surface area contributed by atoms with Gasteiger partial charge in [-0.2, -0.15) is 0 Å². The molecule has 1 aliphatic rings. The van der Waals surface area contributed by atoms with Gasteiger partial charge in [-0.15, -0.1) is 0 Å². The van der Waals surface area contributed by atoms with E-state index in [4.69, 9.17) is 0 Å². The number of thiophene rings is 2. The molecule has 2 heterocycles. The molecule has 3 rings (SSSR count). The topological polar surface area (TPSA) is 0 Å². The Kier molecular flexibility index (Phi) is 24.5. The molecule has 0 atom stereocenters. The van der Waals surface area contributed by atoms with E-state index in [2.05, 4.69) is 92.4 Å². The Hall–Kier alpha value is 0.997. The number of hydrogen-bond donors (Lipinski definition) is 0. The zero-order chi connectivity index (χ0) is 38.4. The predicted octanol–water partition coefficient (Wildman–Crippen LogP) is 17.7. The fourth-order valence-electron chi connectivity index (χ4n) is 10.5. The maximum atomic E-state index is 2.92. The van der Waals surface area contributed by atoms with Crippen molar-refractivity contribution in [3.8, 4) is 10.4 Å². The normalized spacial score (nSPS) is 14.0. The summed E-state index contributed by atoms with van der Waals surface area (Å²) in [6, 6.07) is 0. The first-order valence-electron chi connectivity index (χ1n) is 24.2. The second-order valence-electron chi connectivity index (χ2n) is 18.0. The van der Waals surface area contributed by atoms with E-state index in [1.807, 2.05) is 24.5 Å². The molecular formula is C49H90S2Sn2. The van der Waals surface area contributed by atoms with Crippen molar-refractivity contribution in [2.45, 2.75) is 254 Å². The molecule has 0 spiro atoms. The molecule has 1 aliphatic carbocycles. The molecule has 0 aliphatic heterocycles. The third-order valence-electron chi connectivity index (χ3n) is 13.8. The van der Waals surface area contributed by atoms with Crippen LogP contribution in [0.15, 0.2) is 10.8 Å². The first-order valence-corrected chi connectivity index (χ1v) is 40.9. The molecule has 0 saturated carbocycles. The zero-order valence-corrected chi connectivity index (χ0v) is 44.4. The van der Waals surface area contributed by atoms with Crippen LogP contribution in [0.25, 0.3) is 10.4 Å². The van der Waals surface area contributed by atoms with Gasteiger partial charge in [0.2, 0.25) is 0 Å². The zero-order valence-electron chi connectivity index (χ0n) is 37.1. The van der Waals surface area contributed by atoms with Crippen molar-refractivity contribution >= 4 is 66.6 Å². The van der Waals surface area contributed by atoms with Gasteiger partial charge < -0.3 is 0 Å². The van der Waals surface area contributed by atoms with Gasteiger partial charge in [0.1, 0.15) is 0 Å². The summed E-state index contributed by atoms with van der Waals surface area (Å²) in [4.78, 5) is 3.81. The first kappa shape index (κ1) is 48.4. The van der Waals surface area contributed by atoms with Gasteiger partial charge in [-0.3, -0.25) is 0 Å². The van der Waals surface area contributed by atoms with Crippen molar-refractivity contribution in [3.05, 3.63) is 21.2 Å². The van der Waals surface area contributed by atoms with Crippen molar-refractivity contribution in [3.63, 3.8) is 0 Å². The van der Waals surface area contributed by atoms with Crippen LogP contribution in [-0.4, -0.2) is 36.8 Å². The summed E-state index contributed by atoms with van der Waals surface area (Å²) in [5.74, 6) is 0. The van der Waals surface area contributed by atoms with Crippen LogP contribution >= 0.6 is 22.7 Å². The average molecular weight is 981 g/mol. The van der Waals surface area contributed by atoms with Crippen molar-refractivity contribution in [2.75, 3.05) is 0 Å². The minimum atomic E-state index is -2.70. The van der Waals surface area contributed by atoms with Crippen LogP contribution < -0.4 is 7.16 Å². The summed E-state index contributed by atoms with van der Waals surface area (Å²) in [5.41, 5.74) is 4.27. The van der Waals surface area contributed by atoms with Crippen molar-refractivity contribution in [2.24, 2.45) is 0 Å². The monoisotopic (exact) mass is 982 g/mol. The van der Waals surface area contributed by atoms with Crippen LogP contribution in [0.4, 0.5) is 0 Å². The van der Waals surface area contributed by atoms with Crippen molar-refractivity contribution in [1.82, 2.24) is 0 Å². The number of fused-ring (bicyclic) bond motifs is 3. The quantitative estimate of drug-likeness (QED) is 0.0484. The molecular weight excluding hydrogens is 890 g/mol. The van der Waals surface area contributed by atoms with Crippen LogP contribution in [0.5, 0.6) is 0 Å². The standard InChI is InChI=1S/C25H36S2.6C4H9.2Sn/c1-3-5-7-9-11-13-17-25(18-14-12-10-8-6-4-2)22-16-20-26-23(22)21-15-19-27-24(21)25;6*1-3-4-2;;/h19-20H,3-14,17-18H2,1-2H3;6*1,3-4H2,2H3;;. The van der Waals surface area contributed by atoms with Gasteiger partial charge in [0, 0.05) is 0 Å². The Morgan fingerprint density at radius 3 is 1.13 bits per heavy atom. The molecule has 0 fully saturated rings. The summed E-state index contributed by atoms with van der Waals surface area (Å²) in [5, 5.41) is 5.81. The maximum absolute atomic E-state index is 2.92. The number of hydrogen-bond acceptors (Lipinski definition) is 2. The second kappa shape index (κ2) is 26.9. The SMILES string of the molecule is CCCCCCCCC1(CCCCCCCC)c2sc[c]([Sn]([CH2]CCC)([CH2]CCC)[CH2]CCC)c2-c2sc[c]([Sn]([CH2]CCC)([CH2]CCC)[CH2]CCC)c21. The van der Waals surface area contributed by atoms with E-state index in [1.165, 1.54) is 167 Å². The van der Waals surface area contributed by atoms with E-state index in [0.29, 0.717) is 5.41 Å². The van der Waals surface area contributed by atoms with Crippen LogP contribution in [-0.2, 0) is 5.41 Å². The fraction of sp³-hybridized carbons (Fsp3) is 0.837. The summed E-state index contributed by atoms with van der Waals surface area (Å²) >= 11 is -0.724. The minimum absolute atomic E-state index is 0.309. The van der Waals surface area contributed by atoms with E-state index >= 15 is 0 Å². The van der Waals surface area contributed by atoms with Gasteiger partial charge in [-0.1, -0.05) is 0 Å².